The second-order valence-electron chi connectivity index (χ2n) is 1.71. The van der Waals surface area contributed by atoms with Crippen molar-refractivity contribution in [2.24, 2.45) is 0 Å². The van der Waals surface area contributed by atoms with Gasteiger partial charge in [-0.25, -0.2) is 8.78 Å². The second-order valence-corrected chi connectivity index (χ2v) is 3.19. The van der Waals surface area contributed by atoms with Gasteiger partial charge in [0.25, 0.3) is 6.43 Å². The van der Waals surface area contributed by atoms with Crippen molar-refractivity contribution in [1.29, 1.82) is 0 Å². The molecule has 11 heavy (non-hydrogen) atoms. The van der Waals surface area contributed by atoms with Crippen molar-refractivity contribution in [3.63, 3.8) is 0 Å². The molecule has 0 spiro atoms. The topological polar surface area (TPSA) is 43.4 Å². The first-order chi connectivity index (χ1) is 4.92. The Morgan fingerprint density at radius 3 is 2.27 bits per heavy atom. The van der Waals surface area contributed by atoms with Gasteiger partial charge in [-0.15, -0.1) is 3.89 Å². The number of halogens is 3. The molecule has 0 saturated carbocycles. The number of hydrogen-bond acceptors (Lipinski definition) is 3. The molecule has 0 atom stereocenters. The van der Waals surface area contributed by atoms with Crippen LogP contribution in [0.5, 0.6) is 0 Å². The van der Waals surface area contributed by atoms with Gasteiger partial charge in [0.15, 0.2) is 0 Å². The highest BCUT2D eigenvalue weighted by molar-refractivity contribution is 7.86. The molecule has 3 nitrogen and oxygen atoms in total. The first-order valence-corrected chi connectivity index (χ1v) is 4.25. The van der Waals surface area contributed by atoms with Crippen LogP contribution in [0, 0.1) is 0 Å². The Kier molecular flexibility index (Phi) is 4.43. The summed E-state index contributed by atoms with van der Waals surface area (Å²) in [6, 6.07) is 0. The maximum atomic E-state index is 11.6. The quantitative estimate of drug-likeness (QED) is 0.472. The molecule has 68 valence electrons. The largest absolute Gasteiger partial charge is 0.374 e. The third kappa shape index (κ3) is 9.70. The van der Waals surface area contributed by atoms with Crippen LogP contribution in [0.15, 0.2) is 0 Å². The van der Waals surface area contributed by atoms with Crippen LogP contribution in [0.3, 0.4) is 0 Å². The third-order valence-electron chi connectivity index (χ3n) is 0.715. The first kappa shape index (κ1) is 10.7. The van der Waals surface area contributed by atoms with Crippen molar-refractivity contribution >= 4 is 10.2 Å². The maximum Gasteiger partial charge on any atom is 0.304 e. The molecule has 0 fully saturated rings. The molecule has 0 aromatic heterocycles. The highest BCUT2D eigenvalue weighted by atomic mass is 32.3. The summed E-state index contributed by atoms with van der Waals surface area (Å²) in [5.74, 6) is -0.875. The van der Waals surface area contributed by atoms with Gasteiger partial charge in [-0.05, 0) is 0 Å². The predicted molar refractivity (Wildman–Crippen MR) is 31.7 cm³/mol. The lowest BCUT2D eigenvalue weighted by molar-refractivity contribution is 0.0232. The fraction of sp³-hybridized carbons (Fsp3) is 1.00. The molecule has 0 unspecified atom stereocenters. The molecule has 0 heterocycles. The van der Waals surface area contributed by atoms with Crippen molar-refractivity contribution in [3.8, 4) is 0 Å². The highest BCUT2D eigenvalue weighted by Crippen LogP contribution is 1.94. The van der Waals surface area contributed by atoms with Gasteiger partial charge in [0, 0.05) is 0 Å². The minimum atomic E-state index is -4.59. The number of hydrogen-bond donors (Lipinski definition) is 0. The fourth-order valence-electron chi connectivity index (χ4n) is 0.331. The Labute approximate surface area is 62.4 Å². The van der Waals surface area contributed by atoms with Crippen LogP contribution in [0.25, 0.3) is 0 Å². The smallest absolute Gasteiger partial charge is 0.304 e. The first-order valence-electron chi connectivity index (χ1n) is 2.70. The summed E-state index contributed by atoms with van der Waals surface area (Å²) < 4.78 is 57.8. The van der Waals surface area contributed by atoms with E-state index in [9.17, 15) is 21.1 Å². The molecule has 0 aromatic rings. The van der Waals surface area contributed by atoms with Gasteiger partial charge in [0.1, 0.15) is 12.4 Å². The summed E-state index contributed by atoms with van der Waals surface area (Å²) in [7, 11) is -4.59. The van der Waals surface area contributed by atoms with Crippen LogP contribution < -0.4 is 0 Å². The van der Waals surface area contributed by atoms with E-state index in [0.29, 0.717) is 0 Å². The van der Waals surface area contributed by atoms with Gasteiger partial charge in [-0.1, -0.05) is 0 Å². The Hall–Kier alpha value is -0.300. The predicted octanol–water partition coefficient (Wildman–Crippen LogP) is 0.567. The third-order valence-corrected chi connectivity index (χ3v) is 1.37. The van der Waals surface area contributed by atoms with E-state index in [4.69, 9.17) is 0 Å². The minimum absolute atomic E-state index is 0.539. The lowest BCUT2D eigenvalue weighted by atomic mass is 10.7. The van der Waals surface area contributed by atoms with Gasteiger partial charge >= 0.3 is 10.2 Å². The van der Waals surface area contributed by atoms with E-state index in [0.717, 1.165) is 0 Å². The molecule has 0 amide bonds. The molecule has 0 aliphatic rings. The molecule has 0 rings (SSSR count). The molecule has 0 radical (unpaired) electrons. The zero-order valence-corrected chi connectivity index (χ0v) is 6.28. The fourth-order valence-corrected chi connectivity index (χ4v) is 0.648. The van der Waals surface area contributed by atoms with Crippen molar-refractivity contribution in [1.82, 2.24) is 0 Å². The van der Waals surface area contributed by atoms with Crippen molar-refractivity contribution in [2.45, 2.75) is 6.43 Å². The minimum Gasteiger partial charge on any atom is -0.374 e. The lowest BCUT2D eigenvalue weighted by Gasteiger charge is -1.99. The molecule has 0 aliphatic heterocycles. The normalized spacial score (nSPS) is 12.4. The molecule has 0 N–H and O–H groups in total. The molecule has 0 bridgehead atoms. The molecule has 0 aromatic carbocycles. The number of rotatable bonds is 5. The average Bonchev–Trinajstić information content (AvgIpc) is 1.78. The monoisotopic (exact) mass is 192 g/mol. The van der Waals surface area contributed by atoms with Crippen LogP contribution in [0.4, 0.5) is 12.7 Å². The van der Waals surface area contributed by atoms with Crippen molar-refractivity contribution in [2.75, 3.05) is 19.0 Å². The van der Waals surface area contributed by atoms with Crippen LogP contribution in [0.1, 0.15) is 0 Å². The summed E-state index contributed by atoms with van der Waals surface area (Å²) in [5.41, 5.74) is 0. The summed E-state index contributed by atoms with van der Waals surface area (Å²) in [5, 5.41) is 0. The molecule has 0 aliphatic carbocycles. The van der Waals surface area contributed by atoms with Gasteiger partial charge in [-0.3, -0.25) is 0 Å². The summed E-state index contributed by atoms with van der Waals surface area (Å²) >= 11 is 0. The Morgan fingerprint density at radius 1 is 1.36 bits per heavy atom. The second kappa shape index (κ2) is 4.55. The van der Waals surface area contributed by atoms with E-state index < -0.39 is 35.6 Å². The van der Waals surface area contributed by atoms with E-state index in [2.05, 4.69) is 4.74 Å². The molecule has 7 heteroatoms. The van der Waals surface area contributed by atoms with Crippen molar-refractivity contribution in [3.05, 3.63) is 0 Å². The summed E-state index contributed by atoms with van der Waals surface area (Å²) in [6.07, 6.45) is -2.66. The van der Waals surface area contributed by atoms with Crippen LogP contribution in [-0.2, 0) is 15.0 Å². The lowest BCUT2D eigenvalue weighted by Crippen LogP contribution is -2.11. The average molecular weight is 192 g/mol. The molecule has 0 saturated heterocycles. The highest BCUT2D eigenvalue weighted by Gasteiger charge is 2.07. The van der Waals surface area contributed by atoms with Gasteiger partial charge in [-0.2, -0.15) is 8.42 Å². The summed E-state index contributed by atoms with van der Waals surface area (Å²) in [4.78, 5) is 0. The van der Waals surface area contributed by atoms with E-state index in [1.807, 2.05) is 0 Å². The van der Waals surface area contributed by atoms with E-state index in [-0.39, 0.29) is 0 Å². The zero-order valence-electron chi connectivity index (χ0n) is 5.47. The molecular formula is C4H7F3O3S. The van der Waals surface area contributed by atoms with Gasteiger partial charge in [0.2, 0.25) is 0 Å². The number of alkyl halides is 2. The van der Waals surface area contributed by atoms with E-state index in [1.54, 1.807) is 0 Å². The van der Waals surface area contributed by atoms with E-state index in [1.165, 1.54) is 0 Å². The van der Waals surface area contributed by atoms with Crippen LogP contribution >= 0.6 is 0 Å². The standard InChI is InChI=1S/C4H7F3O3S/c5-4(6)3-10-1-2-11(7,8)9/h4H,1-3H2. The maximum absolute atomic E-state index is 11.6. The Bertz CT molecular complexity index is 189. The van der Waals surface area contributed by atoms with Gasteiger partial charge in [0.05, 0.1) is 6.61 Å². The summed E-state index contributed by atoms with van der Waals surface area (Å²) in [6.45, 7) is -1.40. The van der Waals surface area contributed by atoms with Gasteiger partial charge < -0.3 is 4.74 Å². The van der Waals surface area contributed by atoms with E-state index >= 15 is 0 Å². The Morgan fingerprint density at radius 2 is 1.91 bits per heavy atom. The SMILES string of the molecule is O=S(=O)(F)CCOCC(F)F. The molecular weight excluding hydrogens is 185 g/mol. The van der Waals surface area contributed by atoms with Crippen molar-refractivity contribution < 1.29 is 25.8 Å². The number of ether oxygens (including phenoxy) is 1. The zero-order chi connectivity index (χ0) is 8.91. The van der Waals surface area contributed by atoms with Crippen LogP contribution in [0.2, 0.25) is 0 Å². The van der Waals surface area contributed by atoms with Crippen LogP contribution in [-0.4, -0.2) is 33.8 Å². The Balaban J connectivity index is 3.30.